The summed E-state index contributed by atoms with van der Waals surface area (Å²) in [6, 6.07) is 13.7. The van der Waals surface area contributed by atoms with Crippen LogP contribution in [-0.2, 0) is 16.0 Å². The predicted octanol–water partition coefficient (Wildman–Crippen LogP) is 4.07. The Labute approximate surface area is 147 Å². The summed E-state index contributed by atoms with van der Waals surface area (Å²) in [5.41, 5.74) is 3.91. The molecule has 1 atom stereocenters. The number of rotatable bonds is 6. The van der Waals surface area contributed by atoms with Crippen molar-refractivity contribution < 1.29 is 9.53 Å². The molecule has 1 unspecified atom stereocenters. The van der Waals surface area contributed by atoms with Crippen molar-refractivity contribution in [2.24, 2.45) is 0 Å². The lowest BCUT2D eigenvalue weighted by molar-refractivity contribution is -0.144. The summed E-state index contributed by atoms with van der Waals surface area (Å²) in [5, 5.41) is 8.81. The fourth-order valence-corrected chi connectivity index (χ4v) is 3.05. The van der Waals surface area contributed by atoms with Crippen molar-refractivity contribution in [2.75, 3.05) is 0 Å². The number of nitriles is 1. The highest BCUT2D eigenvalue weighted by atomic mass is 16.5. The first-order chi connectivity index (χ1) is 12.2. The second kappa shape index (κ2) is 8.25. The highest BCUT2D eigenvalue weighted by molar-refractivity contribution is 5.93. The lowest BCUT2D eigenvalue weighted by Crippen LogP contribution is -2.22. The van der Waals surface area contributed by atoms with Crippen molar-refractivity contribution in [3.05, 3.63) is 71.6 Å². The van der Waals surface area contributed by atoms with Crippen LogP contribution in [0.2, 0.25) is 0 Å². The number of benzene rings is 1. The molecule has 1 aromatic carbocycles. The molecule has 2 heterocycles. The number of aryl methyl sites for hydroxylation is 1. The van der Waals surface area contributed by atoms with E-state index in [1.807, 2.05) is 36.4 Å². The van der Waals surface area contributed by atoms with E-state index in [4.69, 9.17) is 10.00 Å². The molecular weight excluding hydrogens is 312 g/mol. The van der Waals surface area contributed by atoms with E-state index in [1.54, 1.807) is 18.5 Å². The van der Waals surface area contributed by atoms with E-state index in [1.165, 1.54) is 5.56 Å². The Morgan fingerprint density at radius 3 is 2.76 bits per heavy atom. The number of cyclic esters (lactones) is 1. The van der Waals surface area contributed by atoms with Gasteiger partial charge in [-0.25, -0.2) is 4.79 Å². The van der Waals surface area contributed by atoms with Gasteiger partial charge in [0.15, 0.2) is 0 Å². The molecule has 0 radical (unpaired) electrons. The van der Waals surface area contributed by atoms with Crippen LogP contribution >= 0.6 is 0 Å². The van der Waals surface area contributed by atoms with Crippen LogP contribution < -0.4 is 0 Å². The largest absolute Gasteiger partial charge is 0.459 e. The lowest BCUT2D eigenvalue weighted by Gasteiger charge is -2.23. The van der Waals surface area contributed by atoms with Gasteiger partial charge in [-0.2, -0.15) is 5.26 Å². The summed E-state index contributed by atoms with van der Waals surface area (Å²) in [6.07, 6.45) is 9.63. The topological polar surface area (TPSA) is 63.0 Å². The quantitative estimate of drug-likeness (QED) is 0.591. The Bertz CT molecular complexity index is 789. The zero-order valence-corrected chi connectivity index (χ0v) is 14.0. The van der Waals surface area contributed by atoms with Crippen molar-refractivity contribution in [3.8, 4) is 6.07 Å². The normalized spacial score (nSPS) is 16.7. The number of carbonyl (C=O) groups is 1. The zero-order chi connectivity index (χ0) is 17.5. The molecule has 1 aliphatic heterocycles. The van der Waals surface area contributed by atoms with E-state index in [-0.39, 0.29) is 12.1 Å². The SMILES string of the molecule is N#Cc1ccc(CCCCC2CC(c3cccnc3)=CC(=O)O2)cc1. The maximum absolute atomic E-state index is 11.8. The van der Waals surface area contributed by atoms with E-state index < -0.39 is 0 Å². The van der Waals surface area contributed by atoms with Crippen LogP contribution in [0.25, 0.3) is 5.57 Å². The highest BCUT2D eigenvalue weighted by Crippen LogP contribution is 2.27. The Kier molecular flexibility index (Phi) is 5.58. The number of esters is 1. The summed E-state index contributed by atoms with van der Waals surface area (Å²) in [7, 11) is 0. The molecule has 1 aliphatic rings. The molecule has 0 bridgehead atoms. The number of aromatic nitrogens is 1. The number of unbranched alkanes of at least 4 members (excludes halogenated alkanes) is 1. The van der Waals surface area contributed by atoms with Gasteiger partial charge in [-0.05, 0) is 60.6 Å². The molecule has 4 nitrogen and oxygen atoms in total. The molecule has 0 N–H and O–H groups in total. The molecule has 0 saturated carbocycles. The van der Waals surface area contributed by atoms with Gasteiger partial charge in [0, 0.05) is 24.9 Å². The minimum atomic E-state index is -0.262. The fourth-order valence-electron chi connectivity index (χ4n) is 3.05. The molecular formula is C21H20N2O2. The molecule has 1 aromatic heterocycles. The summed E-state index contributed by atoms with van der Waals surface area (Å²) in [6.45, 7) is 0. The van der Waals surface area contributed by atoms with E-state index in [0.29, 0.717) is 5.56 Å². The molecule has 2 aromatic rings. The van der Waals surface area contributed by atoms with Gasteiger partial charge >= 0.3 is 5.97 Å². The van der Waals surface area contributed by atoms with Crippen LogP contribution in [0.15, 0.2) is 54.9 Å². The average molecular weight is 332 g/mol. The smallest absolute Gasteiger partial charge is 0.331 e. The highest BCUT2D eigenvalue weighted by Gasteiger charge is 2.22. The third kappa shape index (κ3) is 4.77. The Morgan fingerprint density at radius 1 is 1.20 bits per heavy atom. The number of nitrogens with zero attached hydrogens (tertiary/aromatic N) is 2. The minimum absolute atomic E-state index is 0.0614. The molecule has 4 heteroatoms. The van der Waals surface area contributed by atoms with Crippen molar-refractivity contribution in [3.63, 3.8) is 0 Å². The van der Waals surface area contributed by atoms with Crippen molar-refractivity contribution in [2.45, 2.75) is 38.2 Å². The maximum Gasteiger partial charge on any atom is 0.331 e. The molecule has 25 heavy (non-hydrogen) atoms. The Balaban J connectivity index is 1.48. The molecule has 3 rings (SSSR count). The summed E-state index contributed by atoms with van der Waals surface area (Å²) >= 11 is 0. The van der Waals surface area contributed by atoms with Gasteiger partial charge in [0.05, 0.1) is 11.6 Å². The first kappa shape index (κ1) is 16.9. The second-order valence-electron chi connectivity index (χ2n) is 6.23. The summed E-state index contributed by atoms with van der Waals surface area (Å²) < 4.78 is 5.45. The summed E-state index contributed by atoms with van der Waals surface area (Å²) in [5.74, 6) is -0.262. The van der Waals surface area contributed by atoms with E-state index in [9.17, 15) is 4.79 Å². The average Bonchev–Trinajstić information content (AvgIpc) is 2.66. The van der Waals surface area contributed by atoms with Crippen molar-refractivity contribution in [1.29, 1.82) is 5.26 Å². The first-order valence-electron chi connectivity index (χ1n) is 8.55. The lowest BCUT2D eigenvalue weighted by atomic mass is 9.95. The van der Waals surface area contributed by atoms with Crippen LogP contribution in [0.1, 0.15) is 42.4 Å². The standard InChI is InChI=1S/C21H20N2O2/c22-14-17-9-7-16(8-10-17)4-1-2-6-20-12-19(13-21(24)25-20)18-5-3-11-23-15-18/h3,5,7-11,13,15,20H,1-2,4,6,12H2. The fraction of sp³-hybridized carbons (Fsp3) is 0.286. The van der Waals surface area contributed by atoms with E-state index in [0.717, 1.165) is 43.2 Å². The van der Waals surface area contributed by atoms with Crippen LogP contribution in [0.4, 0.5) is 0 Å². The molecule has 0 fully saturated rings. The molecule has 0 amide bonds. The van der Waals surface area contributed by atoms with Gasteiger partial charge < -0.3 is 4.74 Å². The van der Waals surface area contributed by atoms with Gasteiger partial charge in [0.25, 0.3) is 0 Å². The van der Waals surface area contributed by atoms with E-state index in [2.05, 4.69) is 11.1 Å². The second-order valence-corrected chi connectivity index (χ2v) is 6.23. The van der Waals surface area contributed by atoms with Crippen LogP contribution in [0.5, 0.6) is 0 Å². The molecule has 0 saturated heterocycles. The van der Waals surface area contributed by atoms with Crippen molar-refractivity contribution >= 4 is 11.5 Å². The molecule has 0 aliphatic carbocycles. The van der Waals surface area contributed by atoms with Crippen LogP contribution in [-0.4, -0.2) is 17.1 Å². The summed E-state index contributed by atoms with van der Waals surface area (Å²) in [4.78, 5) is 15.9. The number of pyridine rings is 1. The molecule has 0 spiro atoms. The Morgan fingerprint density at radius 2 is 2.04 bits per heavy atom. The number of hydrogen-bond donors (Lipinski definition) is 0. The zero-order valence-electron chi connectivity index (χ0n) is 14.0. The number of carbonyl (C=O) groups excluding carboxylic acids is 1. The van der Waals surface area contributed by atoms with Gasteiger partial charge in [-0.3, -0.25) is 4.98 Å². The van der Waals surface area contributed by atoms with Crippen molar-refractivity contribution in [1.82, 2.24) is 4.98 Å². The third-order valence-corrected chi connectivity index (χ3v) is 4.38. The van der Waals surface area contributed by atoms with Gasteiger partial charge in [-0.15, -0.1) is 0 Å². The number of ether oxygens (including phenoxy) is 1. The number of hydrogen-bond acceptors (Lipinski definition) is 4. The minimum Gasteiger partial charge on any atom is -0.459 e. The van der Waals surface area contributed by atoms with Crippen LogP contribution in [0.3, 0.4) is 0 Å². The van der Waals surface area contributed by atoms with Crippen LogP contribution in [0, 0.1) is 11.3 Å². The first-order valence-corrected chi connectivity index (χ1v) is 8.55. The predicted molar refractivity (Wildman–Crippen MR) is 95.4 cm³/mol. The third-order valence-electron chi connectivity index (χ3n) is 4.38. The monoisotopic (exact) mass is 332 g/mol. The maximum atomic E-state index is 11.8. The van der Waals surface area contributed by atoms with Gasteiger partial charge in [-0.1, -0.05) is 18.2 Å². The van der Waals surface area contributed by atoms with E-state index >= 15 is 0 Å². The van der Waals surface area contributed by atoms with Gasteiger partial charge in [0.1, 0.15) is 6.10 Å². The Hall–Kier alpha value is -2.93. The van der Waals surface area contributed by atoms with Gasteiger partial charge in [0.2, 0.25) is 0 Å². The molecule has 126 valence electrons.